The molecular formula is C16H18F2N4O2. The van der Waals surface area contributed by atoms with Crippen LogP contribution in [0.1, 0.15) is 17.6 Å². The van der Waals surface area contributed by atoms with Crippen LogP contribution >= 0.6 is 0 Å². The summed E-state index contributed by atoms with van der Waals surface area (Å²) in [6, 6.07) is 9.16. The van der Waals surface area contributed by atoms with Gasteiger partial charge in [0, 0.05) is 38.7 Å². The molecule has 2 aromatic rings. The summed E-state index contributed by atoms with van der Waals surface area (Å²) in [6.45, 7) is 2.11. The maximum Gasteiger partial charge on any atom is 0.311 e. The second-order valence-electron chi connectivity index (χ2n) is 5.92. The summed E-state index contributed by atoms with van der Waals surface area (Å²) in [5.74, 6) is -2.90. The van der Waals surface area contributed by atoms with Crippen LogP contribution in [0.4, 0.5) is 8.78 Å². The lowest BCUT2D eigenvalue weighted by atomic mass is 10.2. The minimum Gasteiger partial charge on any atom is -0.412 e. The number of piperazine rings is 1. The third-order valence-corrected chi connectivity index (χ3v) is 3.79. The van der Waals surface area contributed by atoms with Crippen LogP contribution in [-0.2, 0) is 0 Å². The van der Waals surface area contributed by atoms with Gasteiger partial charge in [-0.1, -0.05) is 18.2 Å². The van der Waals surface area contributed by atoms with Gasteiger partial charge in [0.25, 0.3) is 5.92 Å². The summed E-state index contributed by atoms with van der Waals surface area (Å²) in [4.78, 5) is 15.6. The van der Waals surface area contributed by atoms with Crippen molar-refractivity contribution < 1.29 is 18.0 Å². The molecule has 0 radical (unpaired) electrons. The molecule has 1 saturated heterocycles. The van der Waals surface area contributed by atoms with Gasteiger partial charge in [0.1, 0.15) is 0 Å². The predicted molar refractivity (Wildman–Crippen MR) is 82.7 cm³/mol. The van der Waals surface area contributed by atoms with Crippen LogP contribution in [0.2, 0.25) is 0 Å². The highest BCUT2D eigenvalue weighted by molar-refractivity contribution is 5.89. The largest absolute Gasteiger partial charge is 0.412 e. The summed E-state index contributed by atoms with van der Waals surface area (Å²) in [5.41, 5.74) is 0.735. The zero-order valence-electron chi connectivity index (χ0n) is 13.3. The van der Waals surface area contributed by atoms with Crippen molar-refractivity contribution >= 4 is 5.91 Å². The van der Waals surface area contributed by atoms with E-state index in [4.69, 9.17) is 4.42 Å². The minimum atomic E-state index is -2.73. The molecule has 3 rings (SSSR count). The number of halogens is 2. The van der Waals surface area contributed by atoms with Crippen LogP contribution in [0.15, 0.2) is 34.7 Å². The molecule has 1 aliphatic heterocycles. The number of hydrogen-bond donors (Lipinski definition) is 0. The van der Waals surface area contributed by atoms with Crippen LogP contribution in [0.3, 0.4) is 0 Å². The van der Waals surface area contributed by atoms with Crippen LogP contribution in [-0.4, -0.2) is 64.6 Å². The van der Waals surface area contributed by atoms with Gasteiger partial charge >= 0.3 is 11.8 Å². The molecule has 1 aliphatic rings. The second kappa shape index (κ2) is 6.64. The molecule has 8 heteroatoms. The zero-order chi connectivity index (χ0) is 17.2. The van der Waals surface area contributed by atoms with E-state index in [1.54, 1.807) is 9.80 Å². The monoisotopic (exact) mass is 336 g/mol. The van der Waals surface area contributed by atoms with Crippen molar-refractivity contribution in [1.82, 2.24) is 20.0 Å². The second-order valence-corrected chi connectivity index (χ2v) is 5.92. The number of nitrogens with zero attached hydrogens (tertiary/aromatic N) is 4. The van der Waals surface area contributed by atoms with Crippen LogP contribution < -0.4 is 0 Å². The first kappa shape index (κ1) is 16.5. The van der Waals surface area contributed by atoms with E-state index in [0.717, 1.165) is 12.5 Å². The Morgan fingerprint density at radius 2 is 1.83 bits per heavy atom. The molecule has 0 unspecified atom stereocenters. The summed E-state index contributed by atoms with van der Waals surface area (Å²) >= 11 is 0. The average Bonchev–Trinajstić information content (AvgIpc) is 3.04. The maximum absolute atomic E-state index is 13.0. The molecule has 1 fully saturated rings. The first-order valence-corrected chi connectivity index (χ1v) is 7.71. The fraction of sp³-hybridized carbons (Fsp3) is 0.438. The molecule has 0 bridgehead atoms. The Balaban J connectivity index is 1.61. The molecule has 2 heterocycles. The molecule has 128 valence electrons. The number of carbonyl (C=O) groups excluding carboxylic acids is 1. The number of amides is 1. The van der Waals surface area contributed by atoms with Gasteiger partial charge in [-0.2, -0.15) is 0 Å². The van der Waals surface area contributed by atoms with Gasteiger partial charge in [0.05, 0.1) is 6.54 Å². The van der Waals surface area contributed by atoms with Crippen LogP contribution in [0.5, 0.6) is 0 Å². The van der Waals surface area contributed by atoms with Crippen molar-refractivity contribution in [2.45, 2.75) is 12.8 Å². The van der Waals surface area contributed by atoms with Crippen LogP contribution in [0, 0.1) is 0 Å². The number of alkyl halides is 2. The highest BCUT2D eigenvalue weighted by Gasteiger charge is 2.30. The van der Waals surface area contributed by atoms with Crippen molar-refractivity contribution in [3.63, 3.8) is 0 Å². The van der Waals surface area contributed by atoms with Crippen molar-refractivity contribution in [3.05, 3.63) is 36.2 Å². The minimum absolute atomic E-state index is 0.0804. The average molecular weight is 336 g/mol. The molecule has 1 amide bonds. The van der Waals surface area contributed by atoms with Crippen LogP contribution in [0.25, 0.3) is 11.5 Å². The third kappa shape index (κ3) is 3.94. The maximum atomic E-state index is 13.0. The number of benzene rings is 1. The van der Waals surface area contributed by atoms with E-state index in [0.29, 0.717) is 26.2 Å². The summed E-state index contributed by atoms with van der Waals surface area (Å²) < 4.78 is 31.5. The molecule has 1 aromatic carbocycles. The summed E-state index contributed by atoms with van der Waals surface area (Å²) in [7, 11) is 0. The van der Waals surface area contributed by atoms with E-state index in [9.17, 15) is 13.6 Å². The van der Waals surface area contributed by atoms with Gasteiger partial charge < -0.3 is 9.32 Å². The van der Waals surface area contributed by atoms with E-state index in [2.05, 4.69) is 10.2 Å². The highest BCUT2D eigenvalue weighted by Crippen LogP contribution is 2.19. The molecule has 0 N–H and O–H groups in total. The molecule has 6 nitrogen and oxygen atoms in total. The van der Waals surface area contributed by atoms with E-state index >= 15 is 0 Å². The predicted octanol–water partition coefficient (Wildman–Crippen LogP) is 2.15. The first-order valence-electron chi connectivity index (χ1n) is 7.71. The Hall–Kier alpha value is -2.35. The molecule has 0 spiro atoms. The van der Waals surface area contributed by atoms with Gasteiger partial charge in [-0.3, -0.25) is 9.69 Å². The lowest BCUT2D eigenvalue weighted by Gasteiger charge is -2.35. The molecule has 24 heavy (non-hydrogen) atoms. The quantitative estimate of drug-likeness (QED) is 0.856. The van der Waals surface area contributed by atoms with Crippen molar-refractivity contribution in [2.24, 2.45) is 0 Å². The van der Waals surface area contributed by atoms with Gasteiger partial charge in [0.2, 0.25) is 5.89 Å². The van der Waals surface area contributed by atoms with Crippen molar-refractivity contribution in [1.29, 1.82) is 0 Å². The SMILES string of the molecule is CC(F)(F)CN1CCN(C(=O)c2nnc(-c3ccccc3)o2)CC1. The number of carbonyl (C=O) groups is 1. The molecule has 0 aliphatic carbocycles. The third-order valence-electron chi connectivity index (χ3n) is 3.79. The Kier molecular flexibility index (Phi) is 4.57. The molecule has 0 atom stereocenters. The van der Waals surface area contributed by atoms with Crippen molar-refractivity contribution in [3.8, 4) is 11.5 Å². The Labute approximate surface area is 138 Å². The normalized spacial score (nSPS) is 16.4. The van der Waals surface area contributed by atoms with Crippen molar-refractivity contribution in [2.75, 3.05) is 32.7 Å². The summed E-state index contributed by atoms with van der Waals surface area (Å²) in [6.07, 6.45) is 0. The number of hydrogen-bond acceptors (Lipinski definition) is 5. The molecular weight excluding hydrogens is 318 g/mol. The Morgan fingerprint density at radius 1 is 1.17 bits per heavy atom. The van der Waals surface area contributed by atoms with Gasteiger partial charge in [0.15, 0.2) is 0 Å². The van der Waals surface area contributed by atoms with Gasteiger partial charge in [-0.05, 0) is 12.1 Å². The summed E-state index contributed by atoms with van der Waals surface area (Å²) in [5, 5.41) is 7.70. The van der Waals surface area contributed by atoms with E-state index < -0.39 is 5.92 Å². The van der Waals surface area contributed by atoms with Gasteiger partial charge in [-0.15, -0.1) is 10.2 Å². The lowest BCUT2D eigenvalue weighted by molar-refractivity contribution is -0.0243. The van der Waals surface area contributed by atoms with E-state index in [1.165, 1.54) is 0 Å². The van der Waals surface area contributed by atoms with E-state index in [1.807, 2.05) is 30.3 Å². The van der Waals surface area contributed by atoms with E-state index in [-0.39, 0.29) is 24.2 Å². The molecule has 0 saturated carbocycles. The fourth-order valence-corrected chi connectivity index (χ4v) is 2.64. The highest BCUT2D eigenvalue weighted by atomic mass is 19.3. The Bertz CT molecular complexity index is 692. The topological polar surface area (TPSA) is 62.5 Å². The smallest absolute Gasteiger partial charge is 0.311 e. The fourth-order valence-electron chi connectivity index (χ4n) is 2.64. The standard InChI is InChI=1S/C16H18F2N4O2/c1-16(17,18)11-21-7-9-22(10-8-21)15(23)14-20-19-13(24-14)12-5-3-2-4-6-12/h2-6H,7-11H2,1H3. The van der Waals surface area contributed by atoms with Gasteiger partial charge in [-0.25, -0.2) is 8.78 Å². The number of rotatable bonds is 4. The Morgan fingerprint density at radius 3 is 2.46 bits per heavy atom. The first-order chi connectivity index (χ1) is 11.4. The molecule has 1 aromatic heterocycles. The zero-order valence-corrected chi connectivity index (χ0v) is 13.3. The number of aromatic nitrogens is 2. The lowest BCUT2D eigenvalue weighted by Crippen LogP contribution is -2.51.